The molecule has 2 aliphatic heterocycles. The summed E-state index contributed by atoms with van der Waals surface area (Å²) in [6, 6.07) is 48.7. The monoisotopic (exact) mass is 885 g/mol. The van der Waals surface area contributed by atoms with Crippen LogP contribution >= 0.6 is 0 Å². The predicted octanol–water partition coefficient (Wildman–Crippen LogP) is 7.34. The van der Waals surface area contributed by atoms with Crippen LogP contribution in [0.25, 0.3) is 0 Å². The smallest absolute Gasteiger partial charge is 0.328 e. The first kappa shape index (κ1) is 51.5. The number of rotatable bonds is 13. The molecule has 2 saturated heterocycles. The maximum Gasteiger partial charge on any atom is 0.328 e. The van der Waals surface area contributed by atoms with Crippen molar-refractivity contribution in [2.75, 3.05) is 55.1 Å². The summed E-state index contributed by atoms with van der Waals surface area (Å²) in [6.07, 6.45) is 3.71. The lowest BCUT2D eigenvalue weighted by Crippen LogP contribution is -2.55. The fourth-order valence-corrected chi connectivity index (χ4v) is 8.82. The molecule has 2 fully saturated rings. The minimum absolute atomic E-state index is 0. The number of amides is 2. The third-order valence-corrected chi connectivity index (χ3v) is 12.3. The van der Waals surface area contributed by atoms with E-state index in [2.05, 4.69) is 41.5 Å². The second kappa shape index (κ2) is 26.6. The Hall–Kier alpha value is -6.14. The number of esters is 2. The van der Waals surface area contributed by atoms with E-state index in [4.69, 9.17) is 14.6 Å². The summed E-state index contributed by atoms with van der Waals surface area (Å²) in [7, 11) is 7.77. The molecular formula is C54H68N4O7. The van der Waals surface area contributed by atoms with E-state index in [0.29, 0.717) is 25.9 Å². The second-order valence-electron chi connectivity index (χ2n) is 16.1. The van der Waals surface area contributed by atoms with E-state index in [1.807, 2.05) is 134 Å². The number of methoxy groups -OCH3 is 2. The molecule has 2 amide bonds. The first-order valence-corrected chi connectivity index (χ1v) is 22.1. The zero-order valence-electron chi connectivity index (χ0n) is 37.8. The molecule has 2 aliphatic rings. The van der Waals surface area contributed by atoms with Gasteiger partial charge in [-0.05, 0) is 74.0 Å². The molecule has 4 atom stereocenters. The van der Waals surface area contributed by atoms with Gasteiger partial charge in [0.25, 0.3) is 0 Å². The highest BCUT2D eigenvalue weighted by Gasteiger charge is 2.42. The number of ether oxygens (including phenoxy) is 2. The molecule has 346 valence electrons. The van der Waals surface area contributed by atoms with Gasteiger partial charge in [0.2, 0.25) is 11.8 Å². The van der Waals surface area contributed by atoms with Crippen LogP contribution in [0.1, 0.15) is 72.8 Å². The normalized spacial score (nSPS) is 18.0. The lowest BCUT2D eigenvalue weighted by molar-refractivity contribution is -0.156. The Balaban J connectivity index is 0.000000278. The Labute approximate surface area is 386 Å². The number of aliphatic hydroxyl groups is 1. The van der Waals surface area contributed by atoms with Gasteiger partial charge in [0, 0.05) is 38.8 Å². The van der Waals surface area contributed by atoms with E-state index >= 15 is 0 Å². The number of likely N-dealkylation sites (tertiary alicyclic amines) is 2. The minimum Gasteiger partial charge on any atom is -0.467 e. The molecule has 2 N–H and O–H groups in total. The molecule has 0 bridgehead atoms. The number of benzene rings is 5. The summed E-state index contributed by atoms with van der Waals surface area (Å²) in [5.41, 5.74) is 5.00. The van der Waals surface area contributed by atoms with Crippen molar-refractivity contribution in [1.82, 2.24) is 20.0 Å². The number of likely N-dealkylation sites (N-methyl/N-ethyl adjacent to an activating group) is 1. The Morgan fingerprint density at radius 2 is 0.954 bits per heavy atom. The van der Waals surface area contributed by atoms with Crippen molar-refractivity contribution in [3.05, 3.63) is 179 Å². The van der Waals surface area contributed by atoms with Crippen molar-refractivity contribution in [2.24, 2.45) is 0 Å². The van der Waals surface area contributed by atoms with Crippen LogP contribution in [-0.4, -0.2) is 123 Å². The lowest BCUT2D eigenvalue weighted by atomic mass is 9.87. The fourth-order valence-electron chi connectivity index (χ4n) is 8.82. The predicted molar refractivity (Wildman–Crippen MR) is 257 cm³/mol. The summed E-state index contributed by atoms with van der Waals surface area (Å²) >= 11 is 0. The number of nitrogens with one attached hydrogen (secondary N) is 1. The van der Waals surface area contributed by atoms with Crippen molar-refractivity contribution < 1.29 is 33.8 Å². The van der Waals surface area contributed by atoms with Crippen LogP contribution in [0.2, 0.25) is 0 Å². The van der Waals surface area contributed by atoms with Crippen molar-refractivity contribution >= 4 is 23.8 Å². The first-order chi connectivity index (χ1) is 31.2. The van der Waals surface area contributed by atoms with Crippen LogP contribution in [0.5, 0.6) is 0 Å². The van der Waals surface area contributed by atoms with E-state index in [1.54, 1.807) is 9.80 Å². The van der Waals surface area contributed by atoms with Gasteiger partial charge in [-0.2, -0.15) is 0 Å². The Morgan fingerprint density at radius 3 is 1.32 bits per heavy atom. The van der Waals surface area contributed by atoms with Crippen LogP contribution in [0.4, 0.5) is 0 Å². The third-order valence-electron chi connectivity index (χ3n) is 12.3. The van der Waals surface area contributed by atoms with E-state index in [1.165, 1.54) is 19.8 Å². The molecule has 0 spiro atoms. The molecular weight excluding hydrogens is 817 g/mol. The van der Waals surface area contributed by atoms with Gasteiger partial charge < -0.3 is 34.6 Å². The van der Waals surface area contributed by atoms with Crippen molar-refractivity contribution in [1.29, 1.82) is 0 Å². The largest absolute Gasteiger partial charge is 0.467 e. The SMILES string of the molecule is C.CN[C@H]1CCN(C(=O)C(c2ccccc2)c2ccccc2)[C@H](C(=O)OC)C1.CO.COC(=O)[C@@H]1C[C@@H](N(C)CCc2ccccc2)CCN1C(=O)C(c1ccccc1)c1ccccc1. The number of nitrogens with zero attached hydrogens (tertiary/aromatic N) is 3. The van der Waals surface area contributed by atoms with Crippen LogP contribution in [-0.2, 0) is 35.1 Å². The molecule has 0 radical (unpaired) electrons. The highest BCUT2D eigenvalue weighted by molar-refractivity contribution is 5.92. The van der Waals surface area contributed by atoms with Gasteiger partial charge in [-0.3, -0.25) is 9.59 Å². The number of hydrogen-bond acceptors (Lipinski definition) is 9. The van der Waals surface area contributed by atoms with Gasteiger partial charge in [0.1, 0.15) is 12.1 Å². The van der Waals surface area contributed by atoms with E-state index < -0.39 is 23.9 Å². The average Bonchev–Trinajstić information content (AvgIpc) is 3.37. The van der Waals surface area contributed by atoms with Crippen molar-refractivity contribution in [2.45, 2.75) is 75.5 Å². The maximum absolute atomic E-state index is 14.0. The Kier molecular flexibility index (Phi) is 21.1. The molecule has 5 aromatic carbocycles. The summed E-state index contributed by atoms with van der Waals surface area (Å²) in [6.45, 7) is 1.95. The van der Waals surface area contributed by atoms with Crippen LogP contribution in [0.3, 0.4) is 0 Å². The van der Waals surface area contributed by atoms with Gasteiger partial charge in [-0.25, -0.2) is 9.59 Å². The highest BCUT2D eigenvalue weighted by atomic mass is 16.5. The zero-order valence-corrected chi connectivity index (χ0v) is 37.8. The molecule has 0 unspecified atom stereocenters. The van der Waals surface area contributed by atoms with E-state index in [0.717, 1.165) is 55.2 Å². The van der Waals surface area contributed by atoms with E-state index in [-0.39, 0.29) is 43.3 Å². The number of aliphatic hydroxyl groups excluding tert-OH is 1. The van der Waals surface area contributed by atoms with Crippen molar-refractivity contribution in [3.63, 3.8) is 0 Å². The lowest BCUT2D eigenvalue weighted by Gasteiger charge is -2.42. The number of carbonyl (C=O) groups excluding carboxylic acids is 4. The van der Waals surface area contributed by atoms with Crippen LogP contribution in [0.15, 0.2) is 152 Å². The highest BCUT2D eigenvalue weighted by Crippen LogP contribution is 2.33. The van der Waals surface area contributed by atoms with Crippen LogP contribution in [0, 0.1) is 0 Å². The third kappa shape index (κ3) is 13.7. The summed E-state index contributed by atoms with van der Waals surface area (Å²) < 4.78 is 10.2. The average molecular weight is 885 g/mol. The molecule has 5 aromatic rings. The van der Waals surface area contributed by atoms with Gasteiger partial charge >= 0.3 is 11.9 Å². The topological polar surface area (TPSA) is 129 Å². The molecule has 2 heterocycles. The van der Waals surface area contributed by atoms with Gasteiger partial charge in [0.15, 0.2) is 0 Å². The molecule has 11 heteroatoms. The Bertz CT molecular complexity index is 2080. The number of piperidine rings is 2. The molecule has 7 rings (SSSR count). The second-order valence-corrected chi connectivity index (χ2v) is 16.1. The number of carbonyl (C=O) groups is 4. The zero-order chi connectivity index (χ0) is 45.8. The summed E-state index contributed by atoms with van der Waals surface area (Å²) in [5, 5.41) is 10.2. The minimum atomic E-state index is -0.597. The number of hydrogen-bond donors (Lipinski definition) is 2. The fraction of sp³-hybridized carbons (Fsp3) is 0.370. The standard InChI is InChI=1S/C30H34N2O3.C22H26N2O3.CH4O.CH4/c1-31(20-18-23-12-6-3-7-13-23)26-19-21-32(27(22-26)30(34)35-2)29(33)28(24-14-8-4-9-15-24)25-16-10-5-11-17-25;1-23-18-13-14-24(19(15-18)22(26)27-2)21(25)20(16-9-5-3-6-10-16)17-11-7-4-8-12-17;1-2;/h3-17,26-28H,18-22H2,1-2H3;3-12,18-20,23H,13-15H2,1-2H3;2H,1H3;1H4/t26-,27-;18-,19-;;/m00../s1. The molecule has 65 heavy (non-hydrogen) atoms. The van der Waals surface area contributed by atoms with E-state index in [9.17, 15) is 19.2 Å². The summed E-state index contributed by atoms with van der Waals surface area (Å²) in [5.74, 6) is -1.72. The quantitative estimate of drug-likeness (QED) is 0.117. The summed E-state index contributed by atoms with van der Waals surface area (Å²) in [4.78, 5) is 58.7. The molecule has 0 aliphatic carbocycles. The Morgan fingerprint density at radius 1 is 0.600 bits per heavy atom. The van der Waals surface area contributed by atoms with Crippen molar-refractivity contribution in [3.8, 4) is 0 Å². The first-order valence-electron chi connectivity index (χ1n) is 22.1. The van der Waals surface area contributed by atoms with Crippen LogP contribution < -0.4 is 5.32 Å². The molecule has 0 saturated carbocycles. The molecule has 11 nitrogen and oxygen atoms in total. The molecule has 0 aromatic heterocycles. The van der Waals surface area contributed by atoms with Gasteiger partial charge in [-0.15, -0.1) is 0 Å². The maximum atomic E-state index is 14.0. The van der Waals surface area contributed by atoms with Gasteiger partial charge in [0.05, 0.1) is 26.1 Å². The van der Waals surface area contributed by atoms with Gasteiger partial charge in [-0.1, -0.05) is 159 Å².